The summed E-state index contributed by atoms with van der Waals surface area (Å²) in [5, 5.41) is 3.11. The van der Waals surface area contributed by atoms with Gasteiger partial charge in [-0.25, -0.2) is 4.98 Å². The molecule has 16 heavy (non-hydrogen) atoms. The largest absolute Gasteiger partial charge is 0.381 e. The molecule has 0 spiro atoms. The van der Waals surface area contributed by atoms with Crippen molar-refractivity contribution in [3.8, 4) is 0 Å². The molecule has 1 fully saturated rings. The maximum Gasteiger partial charge on any atom is 0.222 e. The molecule has 2 rings (SSSR count). The molecule has 1 aromatic rings. The summed E-state index contributed by atoms with van der Waals surface area (Å²) in [5.74, 6) is 1.39. The van der Waals surface area contributed by atoms with Crippen molar-refractivity contribution in [2.75, 3.05) is 30.8 Å². The van der Waals surface area contributed by atoms with E-state index >= 15 is 0 Å². The third-order valence-corrected chi connectivity index (χ3v) is 2.54. The summed E-state index contributed by atoms with van der Waals surface area (Å²) in [7, 11) is 0. The number of nitrogens with one attached hydrogen (secondary N) is 1. The number of hydrogen-bond donors (Lipinski definition) is 2. The minimum Gasteiger partial charge on any atom is -0.381 e. The lowest BCUT2D eigenvalue weighted by molar-refractivity contribution is 0.193. The van der Waals surface area contributed by atoms with E-state index in [1.165, 1.54) is 0 Å². The Morgan fingerprint density at radius 2 is 2.50 bits per heavy atom. The van der Waals surface area contributed by atoms with E-state index in [-0.39, 0.29) is 0 Å². The second-order valence-electron chi connectivity index (χ2n) is 3.77. The summed E-state index contributed by atoms with van der Waals surface area (Å²) in [4.78, 5) is 8.35. The van der Waals surface area contributed by atoms with E-state index in [9.17, 15) is 0 Å². The second-order valence-corrected chi connectivity index (χ2v) is 3.77. The normalized spacial score (nSPS) is 19.6. The molecule has 0 amide bonds. The Morgan fingerprint density at radius 3 is 3.19 bits per heavy atom. The Bertz CT molecular complexity index is 374. The van der Waals surface area contributed by atoms with Crippen molar-refractivity contribution in [1.82, 2.24) is 9.97 Å². The Balaban J connectivity index is 2.17. The smallest absolute Gasteiger partial charge is 0.222 e. The lowest BCUT2D eigenvalue weighted by Gasteiger charge is -2.10. The van der Waals surface area contributed by atoms with Crippen LogP contribution >= 0.6 is 0 Å². The predicted molar refractivity (Wildman–Crippen MR) is 63.3 cm³/mol. The maximum absolute atomic E-state index is 5.67. The highest BCUT2D eigenvalue weighted by Crippen LogP contribution is 2.25. The van der Waals surface area contributed by atoms with Crippen LogP contribution in [0, 0.1) is 0 Å². The first-order valence-corrected chi connectivity index (χ1v) is 5.36. The van der Waals surface area contributed by atoms with Gasteiger partial charge in [0.05, 0.1) is 12.3 Å². The van der Waals surface area contributed by atoms with Crippen LogP contribution in [0.2, 0.25) is 0 Å². The van der Waals surface area contributed by atoms with Gasteiger partial charge in [0, 0.05) is 25.1 Å². The number of anilines is 2. The lowest BCUT2D eigenvalue weighted by Crippen LogP contribution is -2.09. The first-order chi connectivity index (χ1) is 7.79. The Labute approximate surface area is 94.7 Å². The molecule has 86 valence electrons. The van der Waals surface area contributed by atoms with Crippen LogP contribution in [0.3, 0.4) is 0 Å². The average molecular weight is 220 g/mol. The Hall–Kier alpha value is -1.62. The van der Waals surface area contributed by atoms with Gasteiger partial charge in [-0.3, -0.25) is 0 Å². The topological polar surface area (TPSA) is 73.1 Å². The number of rotatable bonds is 4. The Morgan fingerprint density at radius 1 is 1.62 bits per heavy atom. The van der Waals surface area contributed by atoms with E-state index < -0.39 is 0 Å². The molecule has 0 saturated carbocycles. The third-order valence-electron chi connectivity index (χ3n) is 2.54. The van der Waals surface area contributed by atoms with Gasteiger partial charge in [0.25, 0.3) is 0 Å². The number of nitrogens with zero attached hydrogens (tertiary/aromatic N) is 2. The highest BCUT2D eigenvalue weighted by molar-refractivity contribution is 5.42. The number of hydrogen-bond acceptors (Lipinski definition) is 5. The molecule has 3 N–H and O–H groups in total. The van der Waals surface area contributed by atoms with E-state index in [1.807, 2.05) is 6.07 Å². The van der Waals surface area contributed by atoms with Gasteiger partial charge < -0.3 is 15.8 Å². The van der Waals surface area contributed by atoms with Crippen LogP contribution in [-0.2, 0) is 4.74 Å². The average Bonchev–Trinajstić information content (AvgIpc) is 2.79. The number of aromatic nitrogens is 2. The fourth-order valence-electron chi connectivity index (χ4n) is 1.73. The van der Waals surface area contributed by atoms with E-state index in [0.717, 1.165) is 31.1 Å². The molecule has 2 heterocycles. The van der Waals surface area contributed by atoms with Crippen LogP contribution in [0.1, 0.15) is 18.0 Å². The van der Waals surface area contributed by atoms with Crippen LogP contribution in [0.5, 0.6) is 0 Å². The van der Waals surface area contributed by atoms with Gasteiger partial charge in [0.2, 0.25) is 5.95 Å². The van der Waals surface area contributed by atoms with E-state index in [4.69, 9.17) is 10.5 Å². The molecule has 0 radical (unpaired) electrons. The van der Waals surface area contributed by atoms with Gasteiger partial charge in [-0.2, -0.15) is 4.98 Å². The highest BCUT2D eigenvalue weighted by atomic mass is 16.5. The molecule has 0 aliphatic carbocycles. The molecule has 1 aromatic heterocycles. The molecule has 5 heteroatoms. The molecular formula is C11H16N4O. The molecule has 0 bridgehead atoms. The Kier molecular flexibility index (Phi) is 3.36. The van der Waals surface area contributed by atoms with Crippen molar-refractivity contribution in [3.63, 3.8) is 0 Å². The molecule has 1 aliphatic rings. The minimum absolute atomic E-state index is 0.302. The first kappa shape index (κ1) is 10.9. The van der Waals surface area contributed by atoms with E-state index in [2.05, 4.69) is 21.9 Å². The summed E-state index contributed by atoms with van der Waals surface area (Å²) in [5.41, 5.74) is 6.63. The van der Waals surface area contributed by atoms with Crippen LogP contribution in [-0.4, -0.2) is 29.7 Å². The van der Waals surface area contributed by atoms with Crippen molar-refractivity contribution in [3.05, 3.63) is 24.4 Å². The van der Waals surface area contributed by atoms with Crippen LogP contribution < -0.4 is 11.1 Å². The first-order valence-electron chi connectivity index (χ1n) is 5.36. The molecule has 5 nitrogen and oxygen atoms in total. The molecule has 1 saturated heterocycles. The fourth-order valence-corrected chi connectivity index (χ4v) is 1.73. The van der Waals surface area contributed by atoms with Crippen LogP contribution in [0.15, 0.2) is 18.7 Å². The van der Waals surface area contributed by atoms with E-state index in [0.29, 0.717) is 18.4 Å². The monoisotopic (exact) mass is 220 g/mol. The zero-order valence-electron chi connectivity index (χ0n) is 9.15. The van der Waals surface area contributed by atoms with Gasteiger partial charge in [-0.05, 0) is 6.42 Å². The summed E-state index contributed by atoms with van der Waals surface area (Å²) < 4.78 is 5.33. The van der Waals surface area contributed by atoms with Gasteiger partial charge >= 0.3 is 0 Å². The number of ether oxygens (including phenoxy) is 1. The fraction of sp³-hybridized carbons (Fsp3) is 0.455. The lowest BCUT2D eigenvalue weighted by atomic mass is 10.0. The van der Waals surface area contributed by atoms with Gasteiger partial charge in [-0.15, -0.1) is 6.58 Å². The maximum atomic E-state index is 5.67. The molecule has 1 unspecified atom stereocenters. The van der Waals surface area contributed by atoms with Crippen molar-refractivity contribution in [2.45, 2.75) is 12.3 Å². The van der Waals surface area contributed by atoms with Gasteiger partial charge in [-0.1, -0.05) is 6.08 Å². The molecular weight excluding hydrogens is 204 g/mol. The zero-order valence-corrected chi connectivity index (χ0v) is 9.15. The number of nitrogen functional groups attached to an aromatic ring is 1. The zero-order chi connectivity index (χ0) is 11.4. The summed E-state index contributed by atoms with van der Waals surface area (Å²) in [6, 6.07) is 1.93. The molecule has 0 aromatic carbocycles. The van der Waals surface area contributed by atoms with Gasteiger partial charge in [0.1, 0.15) is 5.82 Å². The van der Waals surface area contributed by atoms with Crippen molar-refractivity contribution in [2.24, 2.45) is 0 Å². The van der Waals surface area contributed by atoms with Gasteiger partial charge in [0.15, 0.2) is 0 Å². The predicted octanol–water partition coefficient (Wildman–Crippen LogP) is 1.16. The number of nitrogens with two attached hydrogens (primary N) is 1. The third kappa shape index (κ3) is 2.49. The van der Waals surface area contributed by atoms with E-state index in [1.54, 1.807) is 6.08 Å². The summed E-state index contributed by atoms with van der Waals surface area (Å²) in [6.45, 7) is 5.82. The van der Waals surface area contributed by atoms with Crippen molar-refractivity contribution in [1.29, 1.82) is 0 Å². The quantitative estimate of drug-likeness (QED) is 0.745. The van der Waals surface area contributed by atoms with Crippen molar-refractivity contribution < 1.29 is 4.74 Å². The summed E-state index contributed by atoms with van der Waals surface area (Å²) >= 11 is 0. The minimum atomic E-state index is 0.302. The SMILES string of the molecule is C=CCNc1cc(C2CCOC2)nc(N)n1. The standard InChI is InChI=1S/C11H16N4O/c1-2-4-13-10-6-9(14-11(12)15-10)8-3-5-16-7-8/h2,6,8H,1,3-5,7H2,(H3,12,13,14,15). The van der Waals surface area contributed by atoms with Crippen LogP contribution in [0.25, 0.3) is 0 Å². The molecule has 1 aliphatic heterocycles. The highest BCUT2D eigenvalue weighted by Gasteiger charge is 2.20. The summed E-state index contributed by atoms with van der Waals surface area (Å²) in [6.07, 6.45) is 2.77. The molecule has 1 atom stereocenters. The second kappa shape index (κ2) is 4.94. The van der Waals surface area contributed by atoms with Crippen LogP contribution in [0.4, 0.5) is 11.8 Å². The van der Waals surface area contributed by atoms with Crippen molar-refractivity contribution >= 4 is 11.8 Å².